The molecule has 0 aromatic heterocycles. The minimum absolute atomic E-state index is 0.296. The van der Waals surface area contributed by atoms with E-state index in [4.69, 9.17) is 0 Å². The summed E-state index contributed by atoms with van der Waals surface area (Å²) in [5.74, 6) is -1.16. The van der Waals surface area contributed by atoms with E-state index in [2.05, 4.69) is 18.5 Å². The quantitative estimate of drug-likeness (QED) is 0.650. The largest absolute Gasteiger partial charge is 0.318 e. The summed E-state index contributed by atoms with van der Waals surface area (Å²) in [5.41, 5.74) is 0.736. The number of hydrogen-bond donors (Lipinski definition) is 1. The molecule has 0 saturated heterocycles. The number of carbonyl (C=O) groups excluding carboxylic acids is 2. The van der Waals surface area contributed by atoms with Gasteiger partial charge in [0.05, 0.1) is 11.3 Å². The highest BCUT2D eigenvalue weighted by Crippen LogP contribution is 2.12. The van der Waals surface area contributed by atoms with Gasteiger partial charge in [-0.3, -0.25) is 9.59 Å². The van der Waals surface area contributed by atoms with Crippen LogP contribution in [0.25, 0.3) is 0 Å². The Kier molecular flexibility index (Phi) is 4.44. The van der Waals surface area contributed by atoms with Crippen molar-refractivity contribution in [2.75, 3.05) is 0 Å². The van der Waals surface area contributed by atoms with Crippen molar-refractivity contribution in [2.24, 2.45) is 0 Å². The van der Waals surface area contributed by atoms with Gasteiger partial charge in [0.25, 0.3) is 11.7 Å². The van der Waals surface area contributed by atoms with Crippen LogP contribution in [-0.4, -0.2) is 11.7 Å². The maximum Gasteiger partial charge on any atom is 0.296 e. The van der Waals surface area contributed by atoms with Gasteiger partial charge in [0.15, 0.2) is 0 Å². The molecule has 3 heteroatoms. The Labute approximate surface area is 77.8 Å². The molecule has 0 fully saturated rings. The number of ketones is 1. The van der Waals surface area contributed by atoms with Crippen LogP contribution in [0.5, 0.6) is 0 Å². The first-order chi connectivity index (χ1) is 6.20. The second-order valence-electron chi connectivity index (χ2n) is 2.02. The molecule has 1 aliphatic rings. The summed E-state index contributed by atoms with van der Waals surface area (Å²) >= 11 is 0. The van der Waals surface area contributed by atoms with Crippen LogP contribution in [0.1, 0.15) is 13.8 Å². The summed E-state index contributed by atoms with van der Waals surface area (Å²) in [7, 11) is 0. The van der Waals surface area contributed by atoms with Crippen molar-refractivity contribution in [3.05, 3.63) is 36.6 Å². The van der Waals surface area contributed by atoms with E-state index in [0.29, 0.717) is 11.3 Å². The van der Waals surface area contributed by atoms with E-state index in [1.807, 2.05) is 13.8 Å². The molecule has 0 aliphatic carbocycles. The van der Waals surface area contributed by atoms with Crippen molar-refractivity contribution in [2.45, 2.75) is 13.8 Å². The lowest BCUT2D eigenvalue weighted by molar-refractivity contribution is -0.134. The number of carbonyl (C=O) groups is 2. The molecule has 0 radical (unpaired) electrons. The van der Waals surface area contributed by atoms with E-state index < -0.39 is 11.7 Å². The Morgan fingerprint density at radius 2 is 1.69 bits per heavy atom. The molecule has 1 heterocycles. The second-order valence-corrected chi connectivity index (χ2v) is 2.02. The van der Waals surface area contributed by atoms with E-state index in [0.717, 1.165) is 0 Å². The summed E-state index contributed by atoms with van der Waals surface area (Å²) in [5, 5.41) is 2.36. The molecule has 70 valence electrons. The summed E-state index contributed by atoms with van der Waals surface area (Å²) in [4.78, 5) is 21.6. The lowest BCUT2D eigenvalue weighted by atomic mass is 10.2. The average Bonchev–Trinajstić information content (AvgIpc) is 2.46. The molecule has 0 bridgehead atoms. The maximum absolute atomic E-state index is 10.9. The zero-order valence-electron chi connectivity index (χ0n) is 7.89. The van der Waals surface area contributed by atoms with E-state index in [1.165, 1.54) is 12.2 Å². The van der Waals surface area contributed by atoms with Gasteiger partial charge in [0.2, 0.25) is 0 Å². The molecule has 0 aromatic rings. The zero-order valence-corrected chi connectivity index (χ0v) is 7.89. The summed E-state index contributed by atoms with van der Waals surface area (Å²) in [6.45, 7) is 10.8. The minimum atomic E-state index is -0.616. The highest BCUT2D eigenvalue weighted by atomic mass is 16.2. The Morgan fingerprint density at radius 3 is 2.00 bits per heavy atom. The van der Waals surface area contributed by atoms with E-state index in [-0.39, 0.29) is 0 Å². The molecule has 3 nitrogen and oxygen atoms in total. The smallest absolute Gasteiger partial charge is 0.296 e. The van der Waals surface area contributed by atoms with E-state index >= 15 is 0 Å². The number of allylic oxidation sites excluding steroid dienone is 2. The van der Waals surface area contributed by atoms with Crippen molar-refractivity contribution >= 4 is 11.7 Å². The van der Waals surface area contributed by atoms with Crippen LogP contribution in [0, 0.1) is 0 Å². The van der Waals surface area contributed by atoms with Gasteiger partial charge < -0.3 is 5.32 Å². The van der Waals surface area contributed by atoms with Gasteiger partial charge in [-0.1, -0.05) is 33.1 Å². The molecule has 0 saturated carbocycles. The van der Waals surface area contributed by atoms with Gasteiger partial charge in [-0.25, -0.2) is 0 Å². The lowest BCUT2D eigenvalue weighted by Crippen LogP contribution is -2.20. The van der Waals surface area contributed by atoms with Gasteiger partial charge in [0.1, 0.15) is 0 Å². The Morgan fingerprint density at radius 1 is 1.15 bits per heavy atom. The number of rotatable bonds is 2. The van der Waals surface area contributed by atoms with Crippen molar-refractivity contribution in [3.8, 4) is 0 Å². The number of Topliss-reactive ketones (excluding diaryl/α,β-unsaturated/α-hetero) is 1. The zero-order chi connectivity index (χ0) is 10.4. The first-order valence-electron chi connectivity index (χ1n) is 4.05. The van der Waals surface area contributed by atoms with E-state index in [9.17, 15) is 9.59 Å². The fourth-order valence-electron chi connectivity index (χ4n) is 0.855. The van der Waals surface area contributed by atoms with Crippen LogP contribution in [0.2, 0.25) is 0 Å². The molecule has 1 amide bonds. The fraction of sp³-hybridized carbons (Fsp3) is 0.200. The first kappa shape index (κ1) is 11.4. The molecule has 1 aliphatic heterocycles. The lowest BCUT2D eigenvalue weighted by Gasteiger charge is -1.90. The molecule has 0 unspecified atom stereocenters. The molecule has 0 spiro atoms. The minimum Gasteiger partial charge on any atom is -0.318 e. The Bertz CT molecular complexity index is 287. The maximum atomic E-state index is 10.9. The molecular formula is C10H13NO2. The van der Waals surface area contributed by atoms with Crippen LogP contribution in [0.3, 0.4) is 0 Å². The van der Waals surface area contributed by atoms with Crippen molar-refractivity contribution in [3.63, 3.8) is 0 Å². The highest BCUT2D eigenvalue weighted by Gasteiger charge is 2.26. The fourth-order valence-corrected chi connectivity index (χ4v) is 0.855. The van der Waals surface area contributed by atoms with Gasteiger partial charge in [-0.2, -0.15) is 0 Å². The average molecular weight is 179 g/mol. The summed E-state index contributed by atoms with van der Waals surface area (Å²) in [6.07, 6.45) is 2.76. The SMILES string of the molecule is C=CC1=C(C=C)C(=O)C(=O)N1.CC. The highest BCUT2D eigenvalue weighted by molar-refractivity contribution is 6.46. The molecule has 1 N–H and O–H groups in total. The second kappa shape index (κ2) is 5.09. The van der Waals surface area contributed by atoms with Gasteiger partial charge in [-0.15, -0.1) is 0 Å². The van der Waals surface area contributed by atoms with Crippen LogP contribution < -0.4 is 5.32 Å². The summed E-state index contributed by atoms with van der Waals surface area (Å²) in [6, 6.07) is 0. The van der Waals surface area contributed by atoms with Gasteiger partial charge in [-0.05, 0) is 6.08 Å². The normalized spacial score (nSPS) is 14.6. The number of amides is 1. The van der Waals surface area contributed by atoms with Crippen LogP contribution in [0.4, 0.5) is 0 Å². The molecule has 13 heavy (non-hydrogen) atoms. The van der Waals surface area contributed by atoms with Crippen molar-refractivity contribution in [1.29, 1.82) is 0 Å². The predicted molar refractivity (Wildman–Crippen MR) is 51.9 cm³/mol. The monoisotopic (exact) mass is 179 g/mol. The van der Waals surface area contributed by atoms with Crippen LogP contribution in [0.15, 0.2) is 36.6 Å². The van der Waals surface area contributed by atoms with Crippen LogP contribution >= 0.6 is 0 Å². The third kappa shape index (κ3) is 2.15. The summed E-state index contributed by atoms with van der Waals surface area (Å²) < 4.78 is 0. The Balaban J connectivity index is 0.000000671. The van der Waals surface area contributed by atoms with Crippen molar-refractivity contribution < 1.29 is 9.59 Å². The molecule has 0 aromatic carbocycles. The molecular weight excluding hydrogens is 166 g/mol. The predicted octanol–water partition coefficient (Wildman–Crippen LogP) is 1.34. The topological polar surface area (TPSA) is 46.2 Å². The van der Waals surface area contributed by atoms with Gasteiger partial charge in [0, 0.05) is 0 Å². The third-order valence-corrected chi connectivity index (χ3v) is 1.40. The molecule has 1 rings (SSSR count). The molecule has 0 atom stereocenters. The van der Waals surface area contributed by atoms with Crippen molar-refractivity contribution in [1.82, 2.24) is 5.32 Å². The van der Waals surface area contributed by atoms with Gasteiger partial charge >= 0.3 is 0 Å². The number of hydrogen-bond acceptors (Lipinski definition) is 2. The Hall–Kier alpha value is -1.64. The number of nitrogens with one attached hydrogen (secondary N) is 1. The first-order valence-corrected chi connectivity index (χ1v) is 4.05. The third-order valence-electron chi connectivity index (χ3n) is 1.40. The van der Waals surface area contributed by atoms with E-state index in [1.54, 1.807) is 0 Å². The standard InChI is InChI=1S/C8H7NO2.C2H6/c1-3-5-6(4-2)9-8(11)7(5)10;1-2/h3-4H,1-2H2,(H,9,10,11);1-2H3. The van der Waals surface area contributed by atoms with Crippen LogP contribution in [-0.2, 0) is 9.59 Å².